The molecule has 3 nitrogen and oxygen atoms in total. The molecule has 1 aliphatic rings. The fourth-order valence-corrected chi connectivity index (χ4v) is 0.971. The second-order valence-corrected chi connectivity index (χ2v) is 2.65. The van der Waals surface area contributed by atoms with Crippen LogP contribution in [0.5, 0.6) is 0 Å². The van der Waals surface area contributed by atoms with Crippen LogP contribution in [0, 0.1) is 0 Å². The van der Waals surface area contributed by atoms with Gasteiger partial charge in [-0.3, -0.25) is 5.01 Å². The van der Waals surface area contributed by atoms with Crippen molar-refractivity contribution < 1.29 is 4.74 Å². The minimum atomic E-state index is 0.823. The molecule has 0 amide bonds. The van der Waals surface area contributed by atoms with Gasteiger partial charge in [0.2, 0.25) is 0 Å². The van der Waals surface area contributed by atoms with Crippen LogP contribution in [0.4, 0.5) is 0 Å². The van der Waals surface area contributed by atoms with Crippen LogP contribution in [0.1, 0.15) is 19.8 Å². The van der Waals surface area contributed by atoms with E-state index in [9.17, 15) is 0 Å². The van der Waals surface area contributed by atoms with Crippen LogP contribution in [0.25, 0.3) is 0 Å². The van der Waals surface area contributed by atoms with Gasteiger partial charge < -0.3 is 4.74 Å². The van der Waals surface area contributed by atoms with Crippen LogP contribution in [0.3, 0.4) is 0 Å². The third kappa shape index (κ3) is 3.37. The standard InChI is InChI=1S/C8H16N2O/c1-2-3-4-9-10-5-7-11-8-6-10/h4H,2-3,5-8H2,1H3/b9-4+. The molecule has 0 aliphatic carbocycles. The number of hydrogen-bond donors (Lipinski definition) is 0. The van der Waals surface area contributed by atoms with Crippen molar-refractivity contribution in [2.45, 2.75) is 19.8 Å². The molecule has 1 aliphatic heterocycles. The lowest BCUT2D eigenvalue weighted by Crippen LogP contribution is -2.32. The smallest absolute Gasteiger partial charge is 0.0659 e. The Morgan fingerprint density at radius 3 is 2.82 bits per heavy atom. The van der Waals surface area contributed by atoms with Crippen LogP contribution >= 0.6 is 0 Å². The van der Waals surface area contributed by atoms with Crippen molar-refractivity contribution in [1.29, 1.82) is 0 Å². The van der Waals surface area contributed by atoms with E-state index in [1.807, 2.05) is 6.21 Å². The summed E-state index contributed by atoms with van der Waals surface area (Å²) < 4.78 is 5.19. The van der Waals surface area contributed by atoms with Crippen LogP contribution in [-0.4, -0.2) is 37.5 Å². The van der Waals surface area contributed by atoms with Gasteiger partial charge >= 0.3 is 0 Å². The minimum Gasteiger partial charge on any atom is -0.378 e. The molecule has 0 saturated carbocycles. The molecule has 64 valence electrons. The van der Waals surface area contributed by atoms with Gasteiger partial charge in [0.15, 0.2) is 0 Å². The van der Waals surface area contributed by atoms with Crippen molar-refractivity contribution in [3.8, 4) is 0 Å². The van der Waals surface area contributed by atoms with Gasteiger partial charge in [0.25, 0.3) is 0 Å². The van der Waals surface area contributed by atoms with E-state index < -0.39 is 0 Å². The van der Waals surface area contributed by atoms with Crippen LogP contribution in [0.2, 0.25) is 0 Å². The molecule has 0 aromatic carbocycles. The van der Waals surface area contributed by atoms with Crippen LogP contribution in [0.15, 0.2) is 5.10 Å². The summed E-state index contributed by atoms with van der Waals surface area (Å²) in [4.78, 5) is 0. The summed E-state index contributed by atoms with van der Waals surface area (Å²) in [6.45, 7) is 5.69. The Balaban J connectivity index is 2.13. The van der Waals surface area contributed by atoms with Gasteiger partial charge in [0, 0.05) is 6.21 Å². The maximum Gasteiger partial charge on any atom is 0.0659 e. The van der Waals surface area contributed by atoms with Gasteiger partial charge in [-0.15, -0.1) is 0 Å². The van der Waals surface area contributed by atoms with Gasteiger partial charge in [-0.05, 0) is 6.42 Å². The summed E-state index contributed by atoms with van der Waals surface area (Å²) in [7, 11) is 0. The van der Waals surface area contributed by atoms with E-state index in [4.69, 9.17) is 4.74 Å². The lowest BCUT2D eigenvalue weighted by Gasteiger charge is -2.23. The van der Waals surface area contributed by atoms with Crippen molar-refractivity contribution in [2.75, 3.05) is 26.3 Å². The summed E-state index contributed by atoms with van der Waals surface area (Å²) in [6, 6.07) is 0. The highest BCUT2D eigenvalue weighted by molar-refractivity contribution is 5.56. The molecular formula is C8H16N2O. The summed E-state index contributed by atoms with van der Waals surface area (Å²) in [6.07, 6.45) is 4.25. The van der Waals surface area contributed by atoms with E-state index in [1.54, 1.807) is 0 Å². The Hall–Kier alpha value is -0.570. The van der Waals surface area contributed by atoms with E-state index in [0.29, 0.717) is 0 Å². The zero-order valence-electron chi connectivity index (χ0n) is 7.12. The number of hydrogen-bond acceptors (Lipinski definition) is 3. The average Bonchev–Trinajstić information content (AvgIpc) is 2.07. The first-order valence-corrected chi connectivity index (χ1v) is 4.28. The maximum absolute atomic E-state index is 5.19. The van der Waals surface area contributed by atoms with Gasteiger partial charge in [0.05, 0.1) is 26.3 Å². The van der Waals surface area contributed by atoms with E-state index in [2.05, 4.69) is 17.0 Å². The number of nitrogens with zero attached hydrogens (tertiary/aromatic N) is 2. The normalized spacial score (nSPS) is 19.5. The molecule has 0 unspecified atom stereocenters. The highest BCUT2D eigenvalue weighted by atomic mass is 16.5. The van der Waals surface area contributed by atoms with E-state index in [0.717, 1.165) is 32.7 Å². The molecule has 0 atom stereocenters. The monoisotopic (exact) mass is 156 g/mol. The third-order valence-electron chi connectivity index (χ3n) is 1.65. The molecule has 1 fully saturated rings. The first-order valence-electron chi connectivity index (χ1n) is 4.28. The van der Waals surface area contributed by atoms with Crippen LogP contribution < -0.4 is 0 Å². The predicted molar refractivity (Wildman–Crippen MR) is 45.8 cm³/mol. The molecule has 11 heavy (non-hydrogen) atoms. The largest absolute Gasteiger partial charge is 0.378 e. The van der Waals surface area contributed by atoms with E-state index >= 15 is 0 Å². The SMILES string of the molecule is CCC/C=N/N1CCOCC1. The van der Waals surface area contributed by atoms with E-state index in [-0.39, 0.29) is 0 Å². The Morgan fingerprint density at radius 2 is 2.18 bits per heavy atom. The molecule has 0 aromatic rings. The Kier molecular flexibility index (Phi) is 3.98. The number of unbranched alkanes of at least 4 members (excludes halogenated alkanes) is 1. The quantitative estimate of drug-likeness (QED) is 0.572. The first kappa shape index (κ1) is 8.53. The topological polar surface area (TPSA) is 24.8 Å². The number of rotatable bonds is 3. The van der Waals surface area contributed by atoms with Gasteiger partial charge in [0.1, 0.15) is 0 Å². The second kappa shape index (κ2) is 5.13. The summed E-state index contributed by atoms with van der Waals surface area (Å²) >= 11 is 0. The second-order valence-electron chi connectivity index (χ2n) is 2.65. The molecule has 1 heterocycles. The van der Waals surface area contributed by atoms with Crippen LogP contribution in [-0.2, 0) is 4.74 Å². The Morgan fingerprint density at radius 1 is 1.45 bits per heavy atom. The molecule has 0 spiro atoms. The van der Waals surface area contributed by atoms with Crippen molar-refractivity contribution in [1.82, 2.24) is 5.01 Å². The highest BCUT2D eigenvalue weighted by Gasteiger charge is 2.05. The van der Waals surface area contributed by atoms with Crippen molar-refractivity contribution in [3.63, 3.8) is 0 Å². The molecule has 0 radical (unpaired) electrons. The molecule has 0 bridgehead atoms. The fourth-order valence-electron chi connectivity index (χ4n) is 0.971. The minimum absolute atomic E-state index is 0.823. The Labute approximate surface area is 68.0 Å². The molecule has 0 aromatic heterocycles. The van der Waals surface area contributed by atoms with Crippen molar-refractivity contribution in [3.05, 3.63) is 0 Å². The van der Waals surface area contributed by atoms with Gasteiger partial charge in [-0.1, -0.05) is 13.3 Å². The van der Waals surface area contributed by atoms with Crippen molar-refractivity contribution in [2.24, 2.45) is 5.10 Å². The molecule has 1 saturated heterocycles. The van der Waals surface area contributed by atoms with Gasteiger partial charge in [-0.2, -0.15) is 5.10 Å². The Bertz CT molecular complexity index is 119. The zero-order chi connectivity index (χ0) is 7.94. The summed E-state index contributed by atoms with van der Waals surface area (Å²) in [5.41, 5.74) is 0. The average molecular weight is 156 g/mol. The predicted octanol–water partition coefficient (Wildman–Crippen LogP) is 1.10. The third-order valence-corrected chi connectivity index (χ3v) is 1.65. The highest BCUT2D eigenvalue weighted by Crippen LogP contribution is 1.96. The number of morpholine rings is 1. The lowest BCUT2D eigenvalue weighted by molar-refractivity contribution is 0.0395. The first-order chi connectivity index (χ1) is 5.43. The van der Waals surface area contributed by atoms with Crippen molar-refractivity contribution >= 4 is 6.21 Å². The fraction of sp³-hybridized carbons (Fsp3) is 0.875. The molecular weight excluding hydrogens is 140 g/mol. The molecule has 0 N–H and O–H groups in total. The zero-order valence-corrected chi connectivity index (χ0v) is 7.12. The van der Waals surface area contributed by atoms with Gasteiger partial charge in [-0.25, -0.2) is 0 Å². The molecule has 3 heteroatoms. The summed E-state index contributed by atoms with van der Waals surface area (Å²) in [5.74, 6) is 0. The number of hydrazone groups is 1. The number of ether oxygens (including phenoxy) is 1. The lowest BCUT2D eigenvalue weighted by atomic mass is 10.4. The van der Waals surface area contributed by atoms with E-state index in [1.165, 1.54) is 6.42 Å². The maximum atomic E-state index is 5.19. The summed E-state index contributed by atoms with van der Waals surface area (Å²) in [5, 5.41) is 6.37. The molecule has 1 rings (SSSR count).